The highest BCUT2D eigenvalue weighted by Crippen LogP contribution is 2.24. The molecule has 0 aromatic heterocycles. The number of benzene rings is 1. The summed E-state index contributed by atoms with van der Waals surface area (Å²) in [6, 6.07) is 7.09. The Morgan fingerprint density at radius 3 is 2.50 bits per heavy atom. The van der Waals surface area contributed by atoms with Crippen molar-refractivity contribution in [3.8, 4) is 0 Å². The summed E-state index contributed by atoms with van der Waals surface area (Å²) in [5, 5.41) is 15.8. The third-order valence-corrected chi connectivity index (χ3v) is 2.93. The van der Waals surface area contributed by atoms with E-state index in [9.17, 15) is 27.9 Å². The van der Waals surface area contributed by atoms with Gasteiger partial charge in [0.15, 0.2) is 6.04 Å². The molecule has 0 saturated carbocycles. The van der Waals surface area contributed by atoms with E-state index in [1.807, 2.05) is 0 Å². The van der Waals surface area contributed by atoms with Gasteiger partial charge >= 0.3 is 12.1 Å². The summed E-state index contributed by atoms with van der Waals surface area (Å²) >= 11 is 0. The Morgan fingerprint density at radius 1 is 1.32 bits per heavy atom. The number of amides is 1. The average molecular weight is 315 g/mol. The number of para-hydroxylation sites is 1. The molecule has 1 aliphatic heterocycles. The first-order chi connectivity index (χ1) is 10.3. The van der Waals surface area contributed by atoms with Gasteiger partial charge in [-0.1, -0.05) is 18.2 Å². The van der Waals surface area contributed by atoms with Crippen LogP contribution >= 0.6 is 0 Å². The first-order valence-electron chi connectivity index (χ1n) is 6.27. The van der Waals surface area contributed by atoms with E-state index in [-0.39, 0.29) is 12.1 Å². The summed E-state index contributed by atoms with van der Waals surface area (Å²) in [5.41, 5.74) is 0.189. The standard InChI is InChI=1S/C13H12F3N3O3/c14-13(15,16)7-17-11(20)9-6-10(12(21)22)19(18-9)8-4-2-1-3-5-8/h1-5,10H,6-7H2,(H,17,20)(H,21,22). The highest BCUT2D eigenvalue weighted by atomic mass is 19.4. The van der Waals surface area contributed by atoms with Crippen molar-refractivity contribution in [1.82, 2.24) is 5.32 Å². The smallest absolute Gasteiger partial charge is 0.405 e. The van der Waals surface area contributed by atoms with Gasteiger partial charge in [-0.05, 0) is 12.1 Å². The van der Waals surface area contributed by atoms with E-state index in [1.165, 1.54) is 0 Å². The summed E-state index contributed by atoms with van der Waals surface area (Å²) in [4.78, 5) is 22.9. The molecule has 1 aromatic rings. The molecule has 1 atom stereocenters. The number of carboxylic acids is 1. The van der Waals surface area contributed by atoms with E-state index >= 15 is 0 Å². The Labute approximate surface area is 123 Å². The normalized spacial score (nSPS) is 18.0. The van der Waals surface area contributed by atoms with Gasteiger partial charge in [0, 0.05) is 6.42 Å². The minimum Gasteiger partial charge on any atom is -0.480 e. The number of anilines is 1. The van der Waals surface area contributed by atoms with Crippen LogP contribution in [-0.4, -0.2) is 41.5 Å². The predicted octanol–water partition coefficient (Wildman–Crippen LogP) is 1.38. The second-order valence-corrected chi connectivity index (χ2v) is 4.58. The fourth-order valence-electron chi connectivity index (χ4n) is 1.94. The maximum atomic E-state index is 12.1. The van der Waals surface area contributed by atoms with Crippen molar-refractivity contribution >= 4 is 23.3 Å². The van der Waals surface area contributed by atoms with Crippen LogP contribution in [0.5, 0.6) is 0 Å². The molecule has 6 nitrogen and oxygen atoms in total. The van der Waals surface area contributed by atoms with Crippen LogP contribution in [0.2, 0.25) is 0 Å². The molecule has 2 rings (SSSR count). The van der Waals surface area contributed by atoms with Gasteiger partial charge in [0.1, 0.15) is 12.3 Å². The third-order valence-electron chi connectivity index (χ3n) is 2.93. The number of rotatable bonds is 4. The van der Waals surface area contributed by atoms with E-state index in [4.69, 9.17) is 0 Å². The third kappa shape index (κ3) is 3.74. The van der Waals surface area contributed by atoms with Crippen LogP contribution in [-0.2, 0) is 9.59 Å². The van der Waals surface area contributed by atoms with Crippen molar-refractivity contribution in [1.29, 1.82) is 0 Å². The van der Waals surface area contributed by atoms with Crippen LogP contribution in [0.25, 0.3) is 0 Å². The molecule has 1 unspecified atom stereocenters. The number of carboxylic acid groups (broad SMARTS) is 1. The topological polar surface area (TPSA) is 82.0 Å². The second-order valence-electron chi connectivity index (χ2n) is 4.58. The molecule has 1 aromatic carbocycles. The van der Waals surface area contributed by atoms with Gasteiger partial charge in [-0.25, -0.2) is 4.79 Å². The van der Waals surface area contributed by atoms with Crippen LogP contribution < -0.4 is 10.3 Å². The summed E-state index contributed by atoms with van der Waals surface area (Å²) in [5.74, 6) is -2.24. The molecule has 0 radical (unpaired) electrons. The monoisotopic (exact) mass is 315 g/mol. The van der Waals surface area contributed by atoms with E-state index < -0.39 is 30.6 Å². The van der Waals surface area contributed by atoms with Gasteiger partial charge in [0.25, 0.3) is 5.91 Å². The van der Waals surface area contributed by atoms with Crippen LogP contribution in [0.1, 0.15) is 6.42 Å². The van der Waals surface area contributed by atoms with Crippen LogP contribution in [0.15, 0.2) is 35.4 Å². The van der Waals surface area contributed by atoms with Gasteiger partial charge in [-0.2, -0.15) is 18.3 Å². The molecule has 9 heteroatoms. The first kappa shape index (κ1) is 15.8. The zero-order chi connectivity index (χ0) is 16.3. The summed E-state index contributed by atoms with van der Waals surface area (Å²) < 4.78 is 36.3. The lowest BCUT2D eigenvalue weighted by Crippen LogP contribution is -2.38. The van der Waals surface area contributed by atoms with Crippen molar-refractivity contribution in [2.75, 3.05) is 11.6 Å². The van der Waals surface area contributed by atoms with Gasteiger partial charge in [-0.15, -0.1) is 0 Å². The SMILES string of the molecule is O=C(NCC(F)(F)F)C1=NN(c2ccccc2)C(C(=O)O)C1. The molecule has 1 amide bonds. The van der Waals surface area contributed by atoms with E-state index in [2.05, 4.69) is 5.10 Å². The maximum absolute atomic E-state index is 12.1. The van der Waals surface area contributed by atoms with Gasteiger partial charge < -0.3 is 10.4 Å². The van der Waals surface area contributed by atoms with E-state index in [0.29, 0.717) is 5.69 Å². The van der Waals surface area contributed by atoms with Crippen molar-refractivity contribution in [2.24, 2.45) is 5.10 Å². The molecular formula is C13H12F3N3O3. The summed E-state index contributed by atoms with van der Waals surface area (Å²) in [6.07, 6.45) is -4.81. The fourth-order valence-corrected chi connectivity index (χ4v) is 1.94. The quantitative estimate of drug-likeness (QED) is 0.879. The highest BCUT2D eigenvalue weighted by Gasteiger charge is 2.37. The minimum absolute atomic E-state index is 0.250. The minimum atomic E-state index is -4.54. The molecule has 2 N–H and O–H groups in total. The van der Waals surface area contributed by atoms with E-state index in [0.717, 1.165) is 5.01 Å². The molecule has 118 valence electrons. The van der Waals surface area contributed by atoms with Crippen molar-refractivity contribution in [3.63, 3.8) is 0 Å². The van der Waals surface area contributed by atoms with Crippen molar-refractivity contribution in [2.45, 2.75) is 18.6 Å². The number of nitrogens with one attached hydrogen (secondary N) is 1. The molecular weight excluding hydrogens is 303 g/mol. The Bertz CT molecular complexity index is 602. The molecule has 0 spiro atoms. The van der Waals surface area contributed by atoms with Gasteiger partial charge in [0.2, 0.25) is 0 Å². The zero-order valence-electron chi connectivity index (χ0n) is 11.2. The maximum Gasteiger partial charge on any atom is 0.405 e. The Balaban J connectivity index is 2.16. The second kappa shape index (κ2) is 6.04. The first-order valence-corrected chi connectivity index (χ1v) is 6.27. The summed E-state index contributed by atoms with van der Waals surface area (Å²) in [7, 11) is 0. The molecule has 0 aliphatic carbocycles. The van der Waals surface area contributed by atoms with E-state index in [1.54, 1.807) is 35.6 Å². The number of halogens is 3. The number of carbonyl (C=O) groups is 2. The lowest BCUT2D eigenvalue weighted by atomic mass is 10.1. The lowest BCUT2D eigenvalue weighted by molar-refractivity contribution is -0.138. The fraction of sp³-hybridized carbons (Fsp3) is 0.308. The predicted molar refractivity (Wildman–Crippen MR) is 71.5 cm³/mol. The Morgan fingerprint density at radius 2 is 1.95 bits per heavy atom. The Hall–Kier alpha value is -2.58. The molecule has 22 heavy (non-hydrogen) atoms. The number of hydrogen-bond acceptors (Lipinski definition) is 4. The molecule has 0 saturated heterocycles. The Kier molecular flexibility index (Phi) is 4.34. The van der Waals surface area contributed by atoms with Crippen LogP contribution in [0.3, 0.4) is 0 Å². The number of hydrogen-bond donors (Lipinski definition) is 2. The zero-order valence-corrected chi connectivity index (χ0v) is 11.2. The molecule has 1 aliphatic rings. The number of aliphatic carboxylic acids is 1. The largest absolute Gasteiger partial charge is 0.480 e. The van der Waals surface area contributed by atoms with Crippen LogP contribution in [0, 0.1) is 0 Å². The number of carbonyl (C=O) groups excluding carboxylic acids is 1. The molecule has 0 fully saturated rings. The van der Waals surface area contributed by atoms with Gasteiger partial charge in [0.05, 0.1) is 5.69 Å². The number of hydrazone groups is 1. The van der Waals surface area contributed by atoms with Crippen molar-refractivity contribution in [3.05, 3.63) is 30.3 Å². The molecule has 0 bridgehead atoms. The number of nitrogens with zero attached hydrogens (tertiary/aromatic N) is 2. The van der Waals surface area contributed by atoms with Gasteiger partial charge in [-0.3, -0.25) is 9.80 Å². The number of alkyl halides is 3. The van der Waals surface area contributed by atoms with Crippen molar-refractivity contribution < 1.29 is 27.9 Å². The summed E-state index contributed by atoms with van der Waals surface area (Å²) in [6.45, 7) is -1.49. The molecule has 1 heterocycles. The highest BCUT2D eigenvalue weighted by molar-refractivity contribution is 6.40. The lowest BCUT2D eigenvalue weighted by Gasteiger charge is -2.19. The van der Waals surface area contributed by atoms with Crippen LogP contribution in [0.4, 0.5) is 18.9 Å². The average Bonchev–Trinajstić information content (AvgIpc) is 2.90.